The van der Waals surface area contributed by atoms with Crippen LogP contribution in [-0.4, -0.2) is 19.1 Å². The first-order chi connectivity index (χ1) is 9.33. The van der Waals surface area contributed by atoms with Crippen LogP contribution in [0, 0.1) is 11.6 Å². The van der Waals surface area contributed by atoms with Crippen LogP contribution in [0.1, 0.15) is 38.2 Å². The smallest absolute Gasteiger partial charge is 0.244 e. The zero-order valence-corrected chi connectivity index (χ0v) is 11.9. The summed E-state index contributed by atoms with van der Waals surface area (Å²) >= 11 is 0. The van der Waals surface area contributed by atoms with Crippen LogP contribution in [-0.2, 0) is 16.6 Å². The normalized spacial score (nSPS) is 17.8. The van der Waals surface area contributed by atoms with Crippen LogP contribution >= 0.6 is 0 Å². The lowest BCUT2D eigenvalue weighted by Crippen LogP contribution is -2.52. The van der Waals surface area contributed by atoms with E-state index in [1.807, 2.05) is 6.92 Å². The van der Waals surface area contributed by atoms with Crippen molar-refractivity contribution in [1.82, 2.24) is 4.72 Å². The Labute approximate surface area is 116 Å². The number of hydrogen-bond acceptors (Lipinski definition) is 3. The Morgan fingerprint density at radius 1 is 1.35 bits per heavy atom. The predicted molar refractivity (Wildman–Crippen MR) is 69.5 cm³/mol. The lowest BCUT2D eigenvalue weighted by molar-refractivity contribution is 0.213. The number of aliphatic hydroxyl groups excluding tert-OH is 1. The minimum absolute atomic E-state index is 0.0171. The fraction of sp³-hybridized carbons (Fsp3) is 0.538. The van der Waals surface area contributed by atoms with E-state index in [1.54, 1.807) is 0 Å². The van der Waals surface area contributed by atoms with Gasteiger partial charge in [0.05, 0.1) is 6.61 Å². The maximum atomic E-state index is 13.7. The molecule has 0 heterocycles. The molecule has 0 aliphatic heterocycles. The van der Waals surface area contributed by atoms with Gasteiger partial charge in [-0.25, -0.2) is 21.9 Å². The van der Waals surface area contributed by atoms with E-state index in [2.05, 4.69) is 4.72 Å². The Hall–Kier alpha value is -1.05. The highest BCUT2D eigenvalue weighted by molar-refractivity contribution is 7.89. The third kappa shape index (κ3) is 2.70. The van der Waals surface area contributed by atoms with Crippen LogP contribution < -0.4 is 4.72 Å². The van der Waals surface area contributed by atoms with E-state index in [-0.39, 0.29) is 5.56 Å². The Kier molecular flexibility index (Phi) is 4.13. The quantitative estimate of drug-likeness (QED) is 0.875. The van der Waals surface area contributed by atoms with E-state index in [0.29, 0.717) is 19.3 Å². The first-order valence-electron chi connectivity index (χ1n) is 6.46. The minimum Gasteiger partial charge on any atom is -0.392 e. The monoisotopic (exact) mass is 305 g/mol. The van der Waals surface area contributed by atoms with Crippen LogP contribution in [0.3, 0.4) is 0 Å². The summed E-state index contributed by atoms with van der Waals surface area (Å²) in [7, 11) is -4.15. The van der Waals surface area contributed by atoms with E-state index in [1.165, 1.54) is 0 Å². The van der Waals surface area contributed by atoms with Gasteiger partial charge in [-0.3, -0.25) is 0 Å². The molecule has 1 aromatic carbocycles. The van der Waals surface area contributed by atoms with E-state index in [0.717, 1.165) is 18.6 Å². The molecule has 0 bridgehead atoms. The topological polar surface area (TPSA) is 66.4 Å². The average molecular weight is 305 g/mol. The fourth-order valence-corrected chi connectivity index (χ4v) is 4.04. The van der Waals surface area contributed by atoms with E-state index in [9.17, 15) is 17.2 Å². The summed E-state index contributed by atoms with van der Waals surface area (Å²) in [5.74, 6) is -2.70. The number of hydrogen-bond donors (Lipinski definition) is 2. The van der Waals surface area contributed by atoms with Crippen molar-refractivity contribution < 1.29 is 22.3 Å². The molecule has 1 saturated carbocycles. The first kappa shape index (κ1) is 15.3. The van der Waals surface area contributed by atoms with Gasteiger partial charge in [0, 0.05) is 5.54 Å². The molecule has 0 aromatic heterocycles. The Bertz CT molecular complexity index is 607. The summed E-state index contributed by atoms with van der Waals surface area (Å²) in [6, 6.07) is 1.75. The van der Waals surface area contributed by atoms with Crippen LogP contribution in [0.2, 0.25) is 0 Å². The second kappa shape index (κ2) is 5.38. The lowest BCUT2D eigenvalue weighted by atomic mass is 9.76. The summed E-state index contributed by atoms with van der Waals surface area (Å²) in [4.78, 5) is -0.749. The van der Waals surface area contributed by atoms with Crippen molar-refractivity contribution in [2.75, 3.05) is 0 Å². The highest BCUT2D eigenvalue weighted by Crippen LogP contribution is 2.36. The van der Waals surface area contributed by atoms with Gasteiger partial charge in [0.15, 0.2) is 11.6 Å². The Balaban J connectivity index is 2.41. The number of nitrogens with one attached hydrogen (secondary N) is 1. The molecule has 2 rings (SSSR count). The number of aliphatic hydroxyl groups is 1. The lowest BCUT2D eigenvalue weighted by Gasteiger charge is -2.41. The SMILES string of the molecule is CCC1(NS(=O)(=O)c2cc(CO)cc(F)c2F)CCC1. The highest BCUT2D eigenvalue weighted by atomic mass is 32.2. The second-order valence-electron chi connectivity index (χ2n) is 5.14. The summed E-state index contributed by atoms with van der Waals surface area (Å²) in [6.45, 7) is 1.29. The molecular formula is C13H17F2NO3S. The van der Waals surface area contributed by atoms with Crippen molar-refractivity contribution in [1.29, 1.82) is 0 Å². The molecule has 1 aliphatic carbocycles. The summed E-state index contributed by atoms with van der Waals surface area (Å²) in [5.41, 5.74) is -0.541. The van der Waals surface area contributed by atoms with Crippen molar-refractivity contribution in [2.24, 2.45) is 0 Å². The van der Waals surface area contributed by atoms with Crippen molar-refractivity contribution in [3.05, 3.63) is 29.3 Å². The fourth-order valence-electron chi connectivity index (χ4n) is 2.38. The molecule has 7 heteroatoms. The van der Waals surface area contributed by atoms with E-state index in [4.69, 9.17) is 5.11 Å². The molecule has 1 aliphatic rings. The van der Waals surface area contributed by atoms with Gasteiger partial charge in [-0.05, 0) is 43.4 Å². The van der Waals surface area contributed by atoms with Gasteiger partial charge in [0.25, 0.3) is 0 Å². The van der Waals surface area contributed by atoms with Crippen LogP contribution in [0.4, 0.5) is 8.78 Å². The summed E-state index contributed by atoms with van der Waals surface area (Å²) < 4.78 is 54.1. The molecule has 20 heavy (non-hydrogen) atoms. The molecule has 1 aromatic rings. The largest absolute Gasteiger partial charge is 0.392 e. The van der Waals surface area contributed by atoms with E-state index < -0.39 is 38.7 Å². The summed E-state index contributed by atoms with van der Waals surface area (Å²) in [5, 5.41) is 8.97. The molecule has 0 atom stereocenters. The third-order valence-electron chi connectivity index (χ3n) is 3.87. The van der Waals surface area contributed by atoms with Gasteiger partial charge in [-0.1, -0.05) is 6.92 Å². The predicted octanol–water partition coefficient (Wildman–Crippen LogP) is 2.07. The van der Waals surface area contributed by atoms with Gasteiger partial charge in [0.1, 0.15) is 4.90 Å². The maximum Gasteiger partial charge on any atom is 0.244 e. The molecule has 0 saturated heterocycles. The van der Waals surface area contributed by atoms with Crippen LogP contribution in [0.5, 0.6) is 0 Å². The standard InChI is InChI=1S/C13H17F2NO3S/c1-2-13(4-3-5-13)16-20(18,19)11-7-9(8-17)6-10(14)12(11)15/h6-7,16-17H,2-5,8H2,1H3. The molecule has 2 N–H and O–H groups in total. The van der Waals surface area contributed by atoms with Gasteiger partial charge in [0.2, 0.25) is 10.0 Å². The number of halogens is 2. The second-order valence-corrected chi connectivity index (χ2v) is 6.79. The molecular weight excluding hydrogens is 288 g/mol. The van der Waals surface area contributed by atoms with Crippen molar-refractivity contribution >= 4 is 10.0 Å². The minimum atomic E-state index is -4.15. The molecule has 0 spiro atoms. The Morgan fingerprint density at radius 2 is 2.00 bits per heavy atom. The van der Waals surface area contributed by atoms with Crippen molar-refractivity contribution in [2.45, 2.75) is 49.6 Å². The van der Waals surface area contributed by atoms with Gasteiger partial charge >= 0.3 is 0 Å². The van der Waals surface area contributed by atoms with Gasteiger partial charge < -0.3 is 5.11 Å². The molecule has 1 fully saturated rings. The number of rotatable bonds is 5. The van der Waals surface area contributed by atoms with Gasteiger partial charge in [-0.2, -0.15) is 0 Å². The number of benzene rings is 1. The Morgan fingerprint density at radius 3 is 2.45 bits per heavy atom. The maximum absolute atomic E-state index is 13.7. The molecule has 0 amide bonds. The van der Waals surface area contributed by atoms with Gasteiger partial charge in [-0.15, -0.1) is 0 Å². The van der Waals surface area contributed by atoms with Crippen LogP contribution in [0.15, 0.2) is 17.0 Å². The molecule has 112 valence electrons. The summed E-state index contributed by atoms with van der Waals surface area (Å²) in [6.07, 6.45) is 2.87. The third-order valence-corrected chi connectivity index (χ3v) is 5.44. The zero-order chi connectivity index (χ0) is 15.0. The van der Waals surface area contributed by atoms with E-state index >= 15 is 0 Å². The zero-order valence-electron chi connectivity index (χ0n) is 11.1. The molecule has 0 radical (unpaired) electrons. The molecule has 0 unspecified atom stereocenters. The van der Waals surface area contributed by atoms with Crippen molar-refractivity contribution in [3.8, 4) is 0 Å². The highest BCUT2D eigenvalue weighted by Gasteiger charge is 2.40. The first-order valence-corrected chi connectivity index (χ1v) is 7.94. The van der Waals surface area contributed by atoms with Crippen molar-refractivity contribution in [3.63, 3.8) is 0 Å². The van der Waals surface area contributed by atoms with Crippen LogP contribution in [0.25, 0.3) is 0 Å². The number of sulfonamides is 1. The molecule has 4 nitrogen and oxygen atoms in total. The average Bonchev–Trinajstić information content (AvgIpc) is 2.36.